The third-order valence-corrected chi connectivity index (χ3v) is 5.13. The molecule has 9 nitrogen and oxygen atoms in total. The molecule has 0 spiro atoms. The van der Waals surface area contributed by atoms with E-state index in [4.69, 9.17) is 0 Å². The van der Waals surface area contributed by atoms with Gasteiger partial charge < -0.3 is 15.4 Å². The van der Waals surface area contributed by atoms with Gasteiger partial charge in [-0.2, -0.15) is 9.78 Å². The van der Waals surface area contributed by atoms with Crippen molar-refractivity contribution in [2.75, 3.05) is 6.54 Å². The van der Waals surface area contributed by atoms with E-state index in [9.17, 15) is 14.9 Å². The van der Waals surface area contributed by atoms with Crippen molar-refractivity contribution >= 4 is 27.7 Å². The van der Waals surface area contributed by atoms with Gasteiger partial charge in [-0.1, -0.05) is 0 Å². The van der Waals surface area contributed by atoms with Gasteiger partial charge >= 0.3 is 5.82 Å². The van der Waals surface area contributed by atoms with E-state index >= 15 is 0 Å². The molecule has 2 rings (SSSR count). The predicted octanol–water partition coefficient (Wildman–Crippen LogP) is 2.44. The molecule has 0 saturated heterocycles. The fourth-order valence-electron chi connectivity index (χ4n) is 2.54. The lowest BCUT2D eigenvalue weighted by atomic mass is 10.3. The minimum atomic E-state index is -0.614. The van der Waals surface area contributed by atoms with Crippen LogP contribution in [0, 0.1) is 30.9 Å². The highest BCUT2D eigenvalue weighted by Gasteiger charge is 2.24. The molecule has 0 aliphatic heterocycles. The van der Waals surface area contributed by atoms with Crippen LogP contribution in [0.4, 0.5) is 5.82 Å². The summed E-state index contributed by atoms with van der Waals surface area (Å²) in [5, 5.41) is 21.9. The highest BCUT2D eigenvalue weighted by molar-refractivity contribution is 9.10. The van der Waals surface area contributed by atoms with Gasteiger partial charge in [-0.3, -0.25) is 9.48 Å². The number of nitro groups is 1. The average molecular weight is 413 g/mol. The summed E-state index contributed by atoms with van der Waals surface area (Å²) in [6, 6.07) is 0.737. The molecular formula is C15H21BrN6O3. The summed E-state index contributed by atoms with van der Waals surface area (Å²) in [6.07, 6.45) is 0.727. The number of hydrogen-bond donors (Lipinski definition) is 1. The maximum Gasteiger partial charge on any atom is 0.390 e. The zero-order valence-corrected chi connectivity index (χ0v) is 16.2. The smallest absolute Gasteiger partial charge is 0.358 e. The third kappa shape index (κ3) is 4.25. The van der Waals surface area contributed by atoms with Crippen molar-refractivity contribution in [3.63, 3.8) is 0 Å². The predicted molar refractivity (Wildman–Crippen MR) is 95.4 cm³/mol. The number of carbonyl (C=O) groups excluding carboxylic acids is 1. The number of aromatic nitrogens is 4. The molecule has 25 heavy (non-hydrogen) atoms. The van der Waals surface area contributed by atoms with Crippen LogP contribution in [0.1, 0.15) is 36.5 Å². The maximum absolute atomic E-state index is 12.2. The number of rotatable bonds is 7. The topological polar surface area (TPSA) is 108 Å². The zero-order chi connectivity index (χ0) is 18.7. The van der Waals surface area contributed by atoms with Gasteiger partial charge in [-0.15, -0.1) is 0 Å². The van der Waals surface area contributed by atoms with E-state index in [0.717, 1.165) is 22.3 Å². The van der Waals surface area contributed by atoms with Crippen LogP contribution in [0.2, 0.25) is 0 Å². The molecule has 2 aromatic heterocycles. The van der Waals surface area contributed by atoms with Crippen LogP contribution in [-0.4, -0.2) is 36.9 Å². The summed E-state index contributed by atoms with van der Waals surface area (Å²) in [5.74, 6) is -0.483. The first-order valence-corrected chi connectivity index (χ1v) is 8.69. The zero-order valence-electron chi connectivity index (χ0n) is 14.6. The number of carbonyl (C=O) groups is 1. The summed E-state index contributed by atoms with van der Waals surface area (Å²) in [6.45, 7) is 8.45. The number of nitrogens with zero attached hydrogens (tertiary/aromatic N) is 5. The Labute approximate surface area is 153 Å². The summed E-state index contributed by atoms with van der Waals surface area (Å²) in [5.41, 5.74) is 2.56. The van der Waals surface area contributed by atoms with Crippen LogP contribution in [-0.2, 0) is 11.3 Å². The first kappa shape index (κ1) is 19.1. The molecule has 0 saturated carbocycles. The quantitative estimate of drug-likeness (QED) is 0.426. The van der Waals surface area contributed by atoms with Gasteiger partial charge in [-0.05, 0) is 55.0 Å². The second kappa shape index (κ2) is 7.77. The molecule has 0 radical (unpaired) electrons. The Hall–Kier alpha value is -2.23. The number of halogens is 1. The van der Waals surface area contributed by atoms with Gasteiger partial charge in [0.1, 0.15) is 6.04 Å². The largest absolute Gasteiger partial charge is 0.390 e. The molecule has 0 aliphatic rings. The van der Waals surface area contributed by atoms with Crippen molar-refractivity contribution in [2.24, 2.45) is 0 Å². The Morgan fingerprint density at radius 3 is 2.60 bits per heavy atom. The normalized spacial score (nSPS) is 12.2. The standard InChI is InChI=1S/C15H21BrN6O3/c1-9-8-13(22(24)25)19-21(9)12(4)15(23)17-6-5-7-20-11(3)14(16)10(2)18-20/h8,12H,5-7H2,1-4H3,(H,17,23). The summed E-state index contributed by atoms with van der Waals surface area (Å²) >= 11 is 3.49. The number of hydrogen-bond acceptors (Lipinski definition) is 5. The van der Waals surface area contributed by atoms with Crippen LogP contribution < -0.4 is 5.32 Å². The van der Waals surface area contributed by atoms with Crippen molar-refractivity contribution in [3.05, 3.63) is 37.7 Å². The number of nitrogens with one attached hydrogen (secondary N) is 1. The SMILES string of the molecule is Cc1nn(CCCNC(=O)C(C)n2nc([N+](=O)[O-])cc2C)c(C)c1Br. The lowest BCUT2D eigenvalue weighted by molar-refractivity contribution is -0.389. The van der Waals surface area contributed by atoms with Crippen LogP contribution in [0.15, 0.2) is 10.5 Å². The molecule has 10 heteroatoms. The van der Waals surface area contributed by atoms with Crippen LogP contribution in [0.25, 0.3) is 0 Å². The molecule has 0 aliphatic carbocycles. The molecule has 1 amide bonds. The summed E-state index contributed by atoms with van der Waals surface area (Å²) in [4.78, 5) is 22.4. The second-order valence-corrected chi connectivity index (χ2v) is 6.67. The maximum atomic E-state index is 12.2. The van der Waals surface area contributed by atoms with Crippen LogP contribution in [0.3, 0.4) is 0 Å². The van der Waals surface area contributed by atoms with Crippen LogP contribution >= 0.6 is 15.9 Å². The number of amides is 1. The van der Waals surface area contributed by atoms with Crippen molar-refractivity contribution in [1.82, 2.24) is 24.9 Å². The van der Waals surface area contributed by atoms with Gasteiger partial charge in [0, 0.05) is 18.8 Å². The highest BCUT2D eigenvalue weighted by atomic mass is 79.9. The molecule has 2 aromatic rings. The van der Waals surface area contributed by atoms with E-state index in [0.29, 0.717) is 18.8 Å². The molecule has 0 aromatic carbocycles. The fourth-order valence-corrected chi connectivity index (χ4v) is 2.83. The second-order valence-electron chi connectivity index (χ2n) is 5.87. The molecule has 0 fully saturated rings. The average Bonchev–Trinajstić information content (AvgIpc) is 3.06. The van der Waals surface area contributed by atoms with Gasteiger partial charge in [0.15, 0.2) is 0 Å². The van der Waals surface area contributed by atoms with Gasteiger partial charge in [0.2, 0.25) is 5.91 Å². The Bertz CT molecular complexity index is 798. The van der Waals surface area contributed by atoms with Crippen LogP contribution in [0.5, 0.6) is 0 Å². The molecule has 1 atom stereocenters. The van der Waals surface area contributed by atoms with Gasteiger partial charge in [0.05, 0.1) is 27.0 Å². The Morgan fingerprint density at radius 1 is 1.40 bits per heavy atom. The molecule has 2 heterocycles. The van der Waals surface area contributed by atoms with E-state index in [1.807, 2.05) is 18.5 Å². The first-order valence-electron chi connectivity index (χ1n) is 7.90. The Balaban J connectivity index is 1.87. The summed E-state index contributed by atoms with van der Waals surface area (Å²) < 4.78 is 4.27. The molecule has 0 bridgehead atoms. The van der Waals surface area contributed by atoms with Gasteiger partial charge in [-0.25, -0.2) is 0 Å². The number of aryl methyl sites for hydroxylation is 3. The van der Waals surface area contributed by atoms with Gasteiger partial charge in [0.25, 0.3) is 0 Å². The van der Waals surface area contributed by atoms with E-state index < -0.39 is 11.0 Å². The minimum Gasteiger partial charge on any atom is -0.358 e. The van der Waals surface area contributed by atoms with Crippen molar-refractivity contribution in [2.45, 2.75) is 46.7 Å². The summed E-state index contributed by atoms with van der Waals surface area (Å²) in [7, 11) is 0. The lowest BCUT2D eigenvalue weighted by Crippen LogP contribution is -2.33. The molecule has 1 N–H and O–H groups in total. The highest BCUT2D eigenvalue weighted by Crippen LogP contribution is 2.20. The molecular weight excluding hydrogens is 392 g/mol. The molecule has 1 unspecified atom stereocenters. The van der Waals surface area contributed by atoms with E-state index in [1.165, 1.54) is 10.7 Å². The van der Waals surface area contributed by atoms with Crippen molar-refractivity contribution < 1.29 is 9.72 Å². The van der Waals surface area contributed by atoms with E-state index in [2.05, 4.69) is 31.4 Å². The first-order chi connectivity index (χ1) is 11.7. The van der Waals surface area contributed by atoms with E-state index in [-0.39, 0.29) is 11.7 Å². The fraction of sp³-hybridized carbons (Fsp3) is 0.533. The van der Waals surface area contributed by atoms with Crippen molar-refractivity contribution in [3.8, 4) is 0 Å². The Kier molecular flexibility index (Phi) is 5.93. The Morgan fingerprint density at radius 2 is 2.08 bits per heavy atom. The lowest BCUT2D eigenvalue weighted by Gasteiger charge is -2.11. The van der Waals surface area contributed by atoms with Crippen molar-refractivity contribution in [1.29, 1.82) is 0 Å². The monoisotopic (exact) mass is 412 g/mol. The third-order valence-electron chi connectivity index (χ3n) is 3.98. The van der Waals surface area contributed by atoms with E-state index in [1.54, 1.807) is 13.8 Å². The minimum absolute atomic E-state index is 0.226. The molecule has 136 valence electrons.